The number of carbonyl (C=O) groups is 1. The van der Waals surface area contributed by atoms with Crippen LogP contribution in [0.1, 0.15) is 50.5 Å². The van der Waals surface area contributed by atoms with Crippen LogP contribution >= 0.6 is 23.1 Å². The van der Waals surface area contributed by atoms with E-state index in [9.17, 15) is 4.79 Å². The lowest BCUT2D eigenvalue weighted by Crippen LogP contribution is -2.17. The van der Waals surface area contributed by atoms with Gasteiger partial charge in [0.05, 0.1) is 6.61 Å². The lowest BCUT2D eigenvalue weighted by atomic mass is 9.89. The predicted octanol–water partition coefficient (Wildman–Crippen LogP) is 4.64. The maximum absolute atomic E-state index is 12.1. The number of carbonyl (C=O) groups excluding carboxylic acids is 1. The van der Waals surface area contributed by atoms with Gasteiger partial charge in [0.15, 0.2) is 0 Å². The molecule has 4 nitrogen and oxygen atoms in total. The van der Waals surface area contributed by atoms with E-state index in [1.165, 1.54) is 34.0 Å². The van der Waals surface area contributed by atoms with Crippen molar-refractivity contribution in [2.45, 2.75) is 63.2 Å². The fourth-order valence-electron chi connectivity index (χ4n) is 2.99. The SMILES string of the molecule is CCCCOC(=O)[C@@H](C)Sc1ncnc2sc3c(c12)CC[C@@H](C)C3. The number of thioether (sulfide) groups is 1. The molecule has 24 heavy (non-hydrogen) atoms. The summed E-state index contributed by atoms with van der Waals surface area (Å²) in [6.07, 6.45) is 7.00. The minimum Gasteiger partial charge on any atom is -0.465 e. The highest BCUT2D eigenvalue weighted by Gasteiger charge is 2.25. The molecule has 1 aliphatic rings. The smallest absolute Gasteiger partial charge is 0.319 e. The molecule has 0 bridgehead atoms. The summed E-state index contributed by atoms with van der Waals surface area (Å²) >= 11 is 3.29. The first kappa shape index (κ1) is 17.7. The number of unbranched alkanes of at least 4 members (excludes halogenated alkanes) is 1. The van der Waals surface area contributed by atoms with Crippen molar-refractivity contribution in [2.75, 3.05) is 6.61 Å². The highest BCUT2D eigenvalue weighted by atomic mass is 32.2. The molecular weight excluding hydrogens is 340 g/mol. The Balaban J connectivity index is 1.81. The second kappa shape index (κ2) is 7.83. The second-order valence-corrected chi connectivity index (χ2v) is 8.90. The third-order valence-corrected chi connectivity index (χ3v) is 6.66. The molecular formula is C18H24N2O2S2. The van der Waals surface area contributed by atoms with Crippen LogP contribution in [-0.4, -0.2) is 27.8 Å². The van der Waals surface area contributed by atoms with Crippen molar-refractivity contribution in [2.24, 2.45) is 5.92 Å². The van der Waals surface area contributed by atoms with Gasteiger partial charge in [0, 0.05) is 10.3 Å². The van der Waals surface area contributed by atoms with E-state index >= 15 is 0 Å². The first-order valence-corrected chi connectivity index (χ1v) is 10.4. The average Bonchev–Trinajstić information content (AvgIpc) is 2.93. The van der Waals surface area contributed by atoms with Crippen molar-refractivity contribution in [3.8, 4) is 0 Å². The maximum atomic E-state index is 12.1. The molecule has 1 aliphatic carbocycles. The summed E-state index contributed by atoms with van der Waals surface area (Å²) in [6.45, 7) is 6.80. The Morgan fingerprint density at radius 2 is 2.33 bits per heavy atom. The minimum absolute atomic E-state index is 0.155. The van der Waals surface area contributed by atoms with Crippen LogP contribution in [0.25, 0.3) is 10.2 Å². The highest BCUT2D eigenvalue weighted by Crippen LogP contribution is 2.41. The zero-order chi connectivity index (χ0) is 17.1. The third kappa shape index (κ3) is 3.75. The molecule has 0 aromatic carbocycles. The zero-order valence-corrected chi connectivity index (χ0v) is 16.1. The predicted molar refractivity (Wildman–Crippen MR) is 99.8 cm³/mol. The van der Waals surface area contributed by atoms with E-state index in [2.05, 4.69) is 23.8 Å². The number of ether oxygens (including phenoxy) is 1. The van der Waals surface area contributed by atoms with E-state index in [0.717, 1.165) is 41.5 Å². The van der Waals surface area contributed by atoms with Crippen LogP contribution in [0.5, 0.6) is 0 Å². The number of esters is 1. The molecule has 130 valence electrons. The summed E-state index contributed by atoms with van der Waals surface area (Å²) in [5.41, 5.74) is 1.41. The average molecular weight is 365 g/mol. The van der Waals surface area contributed by atoms with E-state index in [-0.39, 0.29) is 11.2 Å². The number of aryl methyl sites for hydroxylation is 1. The molecule has 0 saturated heterocycles. The van der Waals surface area contributed by atoms with Crippen molar-refractivity contribution >= 4 is 39.3 Å². The molecule has 0 fully saturated rings. The highest BCUT2D eigenvalue weighted by molar-refractivity contribution is 8.00. The molecule has 0 saturated carbocycles. The molecule has 2 aromatic heterocycles. The van der Waals surface area contributed by atoms with Gasteiger partial charge in [0.2, 0.25) is 0 Å². The molecule has 0 aliphatic heterocycles. The summed E-state index contributed by atoms with van der Waals surface area (Å²) in [5, 5.41) is 1.84. The number of aromatic nitrogens is 2. The largest absolute Gasteiger partial charge is 0.465 e. The van der Waals surface area contributed by atoms with Crippen molar-refractivity contribution in [1.82, 2.24) is 9.97 Å². The van der Waals surface area contributed by atoms with Gasteiger partial charge >= 0.3 is 5.97 Å². The molecule has 2 aromatic rings. The lowest BCUT2D eigenvalue weighted by molar-refractivity contribution is -0.142. The Labute approximate surface area is 151 Å². The van der Waals surface area contributed by atoms with Crippen LogP contribution < -0.4 is 0 Å². The van der Waals surface area contributed by atoms with Crippen LogP contribution in [-0.2, 0) is 22.4 Å². The summed E-state index contributed by atoms with van der Waals surface area (Å²) < 4.78 is 5.34. The maximum Gasteiger partial charge on any atom is 0.319 e. The van der Waals surface area contributed by atoms with Crippen LogP contribution in [0.3, 0.4) is 0 Å². The van der Waals surface area contributed by atoms with Crippen LogP contribution in [0.2, 0.25) is 0 Å². The summed E-state index contributed by atoms with van der Waals surface area (Å²) in [6, 6.07) is 0. The van der Waals surface area contributed by atoms with Gasteiger partial charge in [0.1, 0.15) is 21.4 Å². The summed E-state index contributed by atoms with van der Waals surface area (Å²) in [7, 11) is 0. The molecule has 0 unspecified atom stereocenters. The van der Waals surface area contributed by atoms with Crippen molar-refractivity contribution in [3.05, 3.63) is 16.8 Å². The van der Waals surface area contributed by atoms with Crippen molar-refractivity contribution in [1.29, 1.82) is 0 Å². The third-order valence-electron chi connectivity index (χ3n) is 4.42. The van der Waals surface area contributed by atoms with Crippen LogP contribution in [0.4, 0.5) is 0 Å². The number of hydrogen-bond donors (Lipinski definition) is 0. The van der Waals surface area contributed by atoms with Gasteiger partial charge in [-0.1, -0.05) is 32.0 Å². The van der Waals surface area contributed by atoms with Gasteiger partial charge in [0.25, 0.3) is 0 Å². The van der Waals surface area contributed by atoms with Crippen molar-refractivity contribution in [3.63, 3.8) is 0 Å². The van der Waals surface area contributed by atoms with E-state index < -0.39 is 0 Å². The summed E-state index contributed by atoms with van der Waals surface area (Å²) in [4.78, 5) is 23.6. The molecule has 2 atom stereocenters. The van der Waals surface area contributed by atoms with E-state index in [1.54, 1.807) is 17.7 Å². The standard InChI is InChI=1S/C18H24N2O2S2/c1-4-5-8-22-18(21)12(3)23-16-15-13-7-6-11(2)9-14(13)24-17(15)20-10-19-16/h10-12H,4-9H2,1-3H3/t11-,12-/m1/s1. The molecule has 6 heteroatoms. The molecule has 0 radical (unpaired) electrons. The van der Waals surface area contributed by atoms with Gasteiger partial charge in [-0.05, 0) is 44.1 Å². The van der Waals surface area contributed by atoms with Gasteiger partial charge in [-0.15, -0.1) is 11.3 Å². The Morgan fingerprint density at radius 3 is 3.12 bits per heavy atom. The minimum atomic E-state index is -0.252. The Kier molecular flexibility index (Phi) is 5.76. The quantitative estimate of drug-likeness (QED) is 0.323. The van der Waals surface area contributed by atoms with Gasteiger partial charge in [-0.2, -0.15) is 0 Å². The zero-order valence-electron chi connectivity index (χ0n) is 14.5. The van der Waals surface area contributed by atoms with E-state index in [1.807, 2.05) is 6.92 Å². The first-order valence-electron chi connectivity index (χ1n) is 8.68. The molecule has 3 rings (SSSR count). The number of thiophene rings is 1. The Hall–Kier alpha value is -1.14. The molecule has 2 heterocycles. The fraction of sp³-hybridized carbons (Fsp3) is 0.611. The molecule has 0 amide bonds. The summed E-state index contributed by atoms with van der Waals surface area (Å²) in [5.74, 6) is 0.583. The van der Waals surface area contributed by atoms with Crippen LogP contribution in [0, 0.1) is 5.92 Å². The number of nitrogens with zero attached hydrogens (tertiary/aromatic N) is 2. The van der Waals surface area contributed by atoms with Crippen molar-refractivity contribution < 1.29 is 9.53 Å². The Bertz CT molecular complexity index is 729. The lowest BCUT2D eigenvalue weighted by Gasteiger charge is -2.18. The van der Waals surface area contributed by atoms with Gasteiger partial charge in [-0.25, -0.2) is 9.97 Å². The van der Waals surface area contributed by atoms with Gasteiger partial charge in [-0.3, -0.25) is 4.79 Å². The first-order chi connectivity index (χ1) is 11.6. The van der Waals surface area contributed by atoms with Gasteiger partial charge < -0.3 is 4.74 Å². The van der Waals surface area contributed by atoms with Crippen LogP contribution in [0.15, 0.2) is 11.4 Å². The Morgan fingerprint density at radius 1 is 1.50 bits per heavy atom. The molecule has 0 spiro atoms. The number of fused-ring (bicyclic) bond motifs is 3. The second-order valence-electron chi connectivity index (χ2n) is 6.49. The topological polar surface area (TPSA) is 52.1 Å². The monoisotopic (exact) mass is 364 g/mol. The normalized spacial score (nSPS) is 18.4. The number of rotatable bonds is 6. The number of hydrogen-bond acceptors (Lipinski definition) is 6. The molecule has 0 N–H and O–H groups in total. The van der Waals surface area contributed by atoms with E-state index in [4.69, 9.17) is 4.74 Å². The van der Waals surface area contributed by atoms with E-state index in [0.29, 0.717) is 6.61 Å². The fourth-order valence-corrected chi connectivity index (χ4v) is 5.35.